The van der Waals surface area contributed by atoms with Gasteiger partial charge in [-0.05, 0) is 36.3 Å². The second-order valence-electron chi connectivity index (χ2n) is 5.14. The zero-order valence-corrected chi connectivity index (χ0v) is 11.8. The second kappa shape index (κ2) is 5.88. The fourth-order valence-electron chi connectivity index (χ4n) is 2.71. The zero-order valence-electron chi connectivity index (χ0n) is 11.0. The quantitative estimate of drug-likeness (QED) is 0.850. The van der Waals surface area contributed by atoms with Crippen molar-refractivity contribution in [1.29, 1.82) is 0 Å². The fourth-order valence-corrected chi connectivity index (χ4v) is 3.51. The van der Waals surface area contributed by atoms with Gasteiger partial charge in [-0.2, -0.15) is 0 Å². The third-order valence-electron chi connectivity index (χ3n) is 3.83. The predicted octanol–water partition coefficient (Wildman–Crippen LogP) is 2.93. The van der Waals surface area contributed by atoms with Crippen LogP contribution in [-0.4, -0.2) is 36.6 Å². The van der Waals surface area contributed by atoms with Crippen LogP contribution in [0.15, 0.2) is 23.6 Å². The largest absolute Gasteiger partial charge is 0.378 e. The van der Waals surface area contributed by atoms with E-state index in [0.29, 0.717) is 6.42 Å². The first-order chi connectivity index (χ1) is 9.33. The third-order valence-corrected chi connectivity index (χ3v) is 4.77. The van der Waals surface area contributed by atoms with Gasteiger partial charge in [-0.15, -0.1) is 11.3 Å². The second-order valence-corrected chi connectivity index (χ2v) is 6.08. The molecule has 1 fully saturated rings. The van der Waals surface area contributed by atoms with Crippen LogP contribution in [-0.2, 0) is 9.53 Å². The third kappa shape index (κ3) is 3.07. The lowest BCUT2D eigenvalue weighted by molar-refractivity contribution is -0.133. The first-order valence-corrected chi connectivity index (χ1v) is 7.83. The van der Waals surface area contributed by atoms with Crippen molar-refractivity contribution in [3.63, 3.8) is 0 Å². The highest BCUT2D eigenvalue weighted by Gasteiger charge is 2.24. The van der Waals surface area contributed by atoms with Crippen molar-refractivity contribution in [3.8, 4) is 0 Å². The fraction of sp³-hybridized carbons (Fsp3) is 0.533. The number of nitrogens with zero attached hydrogens (tertiary/aromatic N) is 1. The van der Waals surface area contributed by atoms with Crippen LogP contribution in [0.3, 0.4) is 0 Å². The van der Waals surface area contributed by atoms with E-state index in [4.69, 9.17) is 4.74 Å². The van der Waals surface area contributed by atoms with E-state index in [-0.39, 0.29) is 12.0 Å². The molecule has 1 aromatic rings. The average Bonchev–Trinajstić information content (AvgIpc) is 3.12. The molecule has 19 heavy (non-hydrogen) atoms. The van der Waals surface area contributed by atoms with Gasteiger partial charge in [0.1, 0.15) is 0 Å². The Balaban J connectivity index is 1.55. The van der Waals surface area contributed by atoms with Crippen molar-refractivity contribution in [2.75, 3.05) is 19.7 Å². The number of rotatable bonds is 3. The van der Waals surface area contributed by atoms with Crippen LogP contribution in [0.5, 0.6) is 0 Å². The highest BCUT2D eigenvalue weighted by Crippen LogP contribution is 2.26. The molecule has 3 heterocycles. The van der Waals surface area contributed by atoms with Crippen LogP contribution in [0.25, 0.3) is 5.57 Å². The van der Waals surface area contributed by atoms with Crippen molar-refractivity contribution < 1.29 is 9.53 Å². The lowest BCUT2D eigenvalue weighted by Gasteiger charge is -2.27. The maximum atomic E-state index is 12.2. The molecule has 0 N–H and O–H groups in total. The molecule has 1 aromatic heterocycles. The van der Waals surface area contributed by atoms with E-state index in [0.717, 1.165) is 39.0 Å². The summed E-state index contributed by atoms with van der Waals surface area (Å²) in [4.78, 5) is 15.5. The molecule has 102 valence electrons. The highest BCUT2D eigenvalue weighted by molar-refractivity contribution is 7.11. The Morgan fingerprint density at radius 1 is 1.53 bits per heavy atom. The molecule has 1 saturated heterocycles. The van der Waals surface area contributed by atoms with Crippen LogP contribution in [0.2, 0.25) is 0 Å². The molecule has 0 aliphatic carbocycles. The molecule has 3 rings (SSSR count). The Labute approximate surface area is 117 Å². The van der Waals surface area contributed by atoms with Crippen molar-refractivity contribution >= 4 is 22.8 Å². The molecule has 1 unspecified atom stereocenters. The van der Waals surface area contributed by atoms with E-state index in [1.54, 1.807) is 11.3 Å². The van der Waals surface area contributed by atoms with Gasteiger partial charge >= 0.3 is 0 Å². The Morgan fingerprint density at radius 3 is 3.11 bits per heavy atom. The minimum absolute atomic E-state index is 0.162. The summed E-state index contributed by atoms with van der Waals surface area (Å²) in [6.07, 6.45) is 6.02. The summed E-state index contributed by atoms with van der Waals surface area (Å²) in [6, 6.07) is 4.23. The number of carbonyl (C=O) groups excluding carboxylic acids is 1. The minimum atomic E-state index is 0.162. The summed E-state index contributed by atoms with van der Waals surface area (Å²) in [6.45, 7) is 2.41. The van der Waals surface area contributed by atoms with Gasteiger partial charge in [-0.25, -0.2) is 0 Å². The Morgan fingerprint density at radius 2 is 2.47 bits per heavy atom. The summed E-state index contributed by atoms with van der Waals surface area (Å²) in [5.74, 6) is 0.244. The topological polar surface area (TPSA) is 29.5 Å². The van der Waals surface area contributed by atoms with Gasteiger partial charge in [0.25, 0.3) is 0 Å². The van der Waals surface area contributed by atoms with Gasteiger partial charge in [0, 0.05) is 24.6 Å². The number of amides is 1. The molecule has 0 bridgehead atoms. The van der Waals surface area contributed by atoms with E-state index in [2.05, 4.69) is 23.6 Å². The SMILES string of the molecule is O=C(CC1CCCO1)N1CC=C(c2cccs2)CC1. The Hall–Kier alpha value is -1.13. The van der Waals surface area contributed by atoms with E-state index >= 15 is 0 Å². The first kappa shape index (κ1) is 12.9. The molecule has 0 aromatic carbocycles. The maximum Gasteiger partial charge on any atom is 0.225 e. The van der Waals surface area contributed by atoms with E-state index in [9.17, 15) is 4.79 Å². The molecule has 1 atom stereocenters. The number of hydrogen-bond acceptors (Lipinski definition) is 3. The van der Waals surface area contributed by atoms with Crippen molar-refractivity contribution in [3.05, 3.63) is 28.5 Å². The molecule has 4 heteroatoms. The molecule has 0 spiro atoms. The van der Waals surface area contributed by atoms with Crippen LogP contribution in [0.4, 0.5) is 0 Å². The smallest absolute Gasteiger partial charge is 0.225 e. The molecule has 2 aliphatic heterocycles. The van der Waals surface area contributed by atoms with Gasteiger partial charge in [-0.3, -0.25) is 4.79 Å². The van der Waals surface area contributed by atoms with Crippen LogP contribution < -0.4 is 0 Å². The highest BCUT2D eigenvalue weighted by atomic mass is 32.1. The molecule has 0 radical (unpaired) electrons. The Bertz CT molecular complexity index is 460. The van der Waals surface area contributed by atoms with Gasteiger partial charge in [0.15, 0.2) is 0 Å². The normalized spacial score (nSPS) is 23.5. The molecule has 0 saturated carbocycles. The molecule has 2 aliphatic rings. The summed E-state index contributed by atoms with van der Waals surface area (Å²) >= 11 is 1.77. The Kier molecular flexibility index (Phi) is 3.99. The van der Waals surface area contributed by atoms with Crippen LogP contribution in [0, 0.1) is 0 Å². The van der Waals surface area contributed by atoms with Gasteiger partial charge in [0.05, 0.1) is 12.5 Å². The van der Waals surface area contributed by atoms with Crippen LogP contribution >= 0.6 is 11.3 Å². The summed E-state index contributed by atoms with van der Waals surface area (Å²) in [7, 11) is 0. The number of carbonyl (C=O) groups is 1. The van der Waals surface area contributed by atoms with E-state index in [1.165, 1.54) is 10.5 Å². The maximum absolute atomic E-state index is 12.2. The number of hydrogen-bond donors (Lipinski definition) is 0. The number of ether oxygens (including phenoxy) is 1. The van der Waals surface area contributed by atoms with Crippen molar-refractivity contribution in [2.45, 2.75) is 31.8 Å². The monoisotopic (exact) mass is 277 g/mol. The van der Waals surface area contributed by atoms with Gasteiger partial charge in [0.2, 0.25) is 5.91 Å². The molecule has 3 nitrogen and oxygen atoms in total. The molecule has 1 amide bonds. The molecular formula is C15H19NO2S. The predicted molar refractivity (Wildman–Crippen MR) is 77.1 cm³/mol. The minimum Gasteiger partial charge on any atom is -0.378 e. The van der Waals surface area contributed by atoms with Gasteiger partial charge in [-0.1, -0.05) is 12.1 Å². The summed E-state index contributed by atoms with van der Waals surface area (Å²) in [5.41, 5.74) is 1.39. The summed E-state index contributed by atoms with van der Waals surface area (Å²) < 4.78 is 5.53. The summed E-state index contributed by atoms with van der Waals surface area (Å²) in [5, 5.41) is 2.10. The van der Waals surface area contributed by atoms with Crippen molar-refractivity contribution in [2.24, 2.45) is 0 Å². The number of thiophene rings is 1. The van der Waals surface area contributed by atoms with Crippen molar-refractivity contribution in [1.82, 2.24) is 4.90 Å². The van der Waals surface area contributed by atoms with E-state index in [1.807, 2.05) is 4.90 Å². The zero-order chi connectivity index (χ0) is 13.1. The lowest BCUT2D eigenvalue weighted by Crippen LogP contribution is -2.36. The lowest BCUT2D eigenvalue weighted by atomic mass is 10.1. The van der Waals surface area contributed by atoms with Crippen LogP contribution in [0.1, 0.15) is 30.6 Å². The van der Waals surface area contributed by atoms with E-state index < -0.39 is 0 Å². The first-order valence-electron chi connectivity index (χ1n) is 6.95. The van der Waals surface area contributed by atoms with Gasteiger partial charge < -0.3 is 9.64 Å². The standard InChI is InChI=1S/C15H19NO2S/c17-15(11-13-3-1-9-18-13)16-7-5-12(6-8-16)14-4-2-10-19-14/h2,4-5,10,13H,1,3,6-9,11H2. The average molecular weight is 277 g/mol. The molecular weight excluding hydrogens is 258 g/mol.